The normalized spacial score (nSPS) is 21.7. The summed E-state index contributed by atoms with van der Waals surface area (Å²) < 4.78 is 0. The van der Waals surface area contributed by atoms with Crippen LogP contribution in [-0.4, -0.2) is 11.6 Å². The van der Waals surface area contributed by atoms with Crippen molar-refractivity contribution >= 4 is 52.3 Å². The summed E-state index contributed by atoms with van der Waals surface area (Å²) in [4.78, 5) is 27.0. The SMILES string of the molecule is C=Cc1cc2c(cc1C=C)C(=O)C(=Cc1ccc3c4c(ccc3c1)\C=C/C(C1C=C(CC)CC1C)=C\C=C\Nc1ccccc1C4(C)C)C2=O. The van der Waals surface area contributed by atoms with E-state index in [-0.39, 0.29) is 22.6 Å². The van der Waals surface area contributed by atoms with Crippen molar-refractivity contribution in [3.8, 4) is 0 Å². The number of carbonyl (C=O) groups excluding carboxylic acids is 2. The van der Waals surface area contributed by atoms with Crippen molar-refractivity contribution < 1.29 is 9.59 Å². The van der Waals surface area contributed by atoms with E-state index in [1.807, 2.05) is 12.3 Å². The topological polar surface area (TPSA) is 46.2 Å². The van der Waals surface area contributed by atoms with Gasteiger partial charge in [-0.1, -0.05) is 125 Å². The van der Waals surface area contributed by atoms with Crippen molar-refractivity contribution in [3.05, 3.63) is 172 Å². The highest BCUT2D eigenvalue weighted by atomic mass is 16.2. The number of carbonyl (C=O) groups is 2. The largest absolute Gasteiger partial charge is 0.361 e. The number of Topliss-reactive ketones (excluding diaryl/α,β-unsaturated/α-hetero) is 2. The Balaban J connectivity index is 1.36. The minimum Gasteiger partial charge on any atom is -0.361 e. The molecule has 3 nitrogen and oxygen atoms in total. The summed E-state index contributed by atoms with van der Waals surface area (Å²) in [5.74, 6) is 0.405. The molecule has 0 bridgehead atoms. The van der Waals surface area contributed by atoms with Crippen LogP contribution in [0.3, 0.4) is 0 Å². The molecule has 248 valence electrons. The minimum atomic E-state index is -0.375. The smallest absolute Gasteiger partial charge is 0.197 e. The lowest BCUT2D eigenvalue weighted by atomic mass is 9.73. The summed E-state index contributed by atoms with van der Waals surface area (Å²) in [5.41, 5.74) is 10.5. The highest BCUT2D eigenvalue weighted by Crippen LogP contribution is 2.43. The van der Waals surface area contributed by atoms with Gasteiger partial charge in [-0.25, -0.2) is 0 Å². The Morgan fingerprint density at radius 3 is 2.30 bits per heavy atom. The number of allylic oxidation sites excluding steroid dienone is 7. The zero-order chi connectivity index (χ0) is 35.2. The van der Waals surface area contributed by atoms with Gasteiger partial charge in [0.25, 0.3) is 0 Å². The first-order chi connectivity index (χ1) is 24.1. The Morgan fingerprint density at radius 2 is 1.62 bits per heavy atom. The molecule has 0 fully saturated rings. The van der Waals surface area contributed by atoms with E-state index in [1.165, 1.54) is 22.3 Å². The van der Waals surface area contributed by atoms with Crippen molar-refractivity contribution in [1.82, 2.24) is 0 Å². The van der Waals surface area contributed by atoms with Crippen molar-refractivity contribution in [3.63, 3.8) is 0 Å². The molecular weight excluding hydrogens is 611 g/mol. The molecule has 1 N–H and O–H groups in total. The zero-order valence-electron chi connectivity index (χ0n) is 29.3. The standard InChI is InChI=1S/C47H43NO2/c1-7-30-23-29(4)38(25-30)34-13-12-22-48-43-15-11-10-14-42(43)47(5,6)44-35(18-17-34)19-20-36-24-31(16-21-37(36)44)26-41-45(49)39-27-32(8-2)33(9-3)28-40(39)46(41)50/h8-22,24-29,38,48H,2-3,7,23H2,1,4-6H3/b18-17-,22-12+,34-13+. The number of hydrogen-bond donors (Lipinski definition) is 1. The van der Waals surface area contributed by atoms with Crippen LogP contribution in [0, 0.1) is 11.8 Å². The Morgan fingerprint density at radius 1 is 0.900 bits per heavy atom. The van der Waals surface area contributed by atoms with Crippen LogP contribution in [0.4, 0.5) is 5.69 Å². The summed E-state index contributed by atoms with van der Waals surface area (Å²) >= 11 is 0. The van der Waals surface area contributed by atoms with Gasteiger partial charge in [0.2, 0.25) is 0 Å². The van der Waals surface area contributed by atoms with Gasteiger partial charge in [-0.05, 0) is 105 Å². The molecule has 0 spiro atoms. The number of anilines is 1. The van der Waals surface area contributed by atoms with E-state index >= 15 is 0 Å². The summed E-state index contributed by atoms with van der Waals surface area (Å²) in [5, 5.41) is 5.77. The van der Waals surface area contributed by atoms with E-state index in [2.05, 4.69) is 125 Å². The number of fused-ring (bicyclic) bond motifs is 5. The van der Waals surface area contributed by atoms with Crippen LogP contribution in [0.15, 0.2) is 127 Å². The second-order valence-corrected chi connectivity index (χ2v) is 14.2. The molecule has 0 aromatic heterocycles. The molecule has 0 saturated heterocycles. The van der Waals surface area contributed by atoms with E-state index in [0.717, 1.165) is 51.6 Å². The third kappa shape index (κ3) is 5.67. The van der Waals surface area contributed by atoms with Crippen molar-refractivity contribution in [2.24, 2.45) is 11.8 Å². The van der Waals surface area contributed by atoms with Gasteiger partial charge < -0.3 is 5.32 Å². The number of ketones is 2. The monoisotopic (exact) mass is 653 g/mol. The number of para-hydroxylation sites is 1. The highest BCUT2D eigenvalue weighted by molar-refractivity contribution is 6.41. The lowest BCUT2D eigenvalue weighted by molar-refractivity contribution is 0.0990. The predicted octanol–water partition coefficient (Wildman–Crippen LogP) is 11.8. The molecule has 2 aliphatic carbocycles. The molecule has 3 heteroatoms. The molecule has 0 amide bonds. The molecule has 4 aromatic rings. The molecule has 2 unspecified atom stereocenters. The average molecular weight is 654 g/mol. The Bertz CT molecular complexity index is 2220. The van der Waals surface area contributed by atoms with E-state index in [4.69, 9.17) is 0 Å². The highest BCUT2D eigenvalue weighted by Gasteiger charge is 2.34. The number of benzene rings is 4. The van der Waals surface area contributed by atoms with E-state index < -0.39 is 0 Å². The van der Waals surface area contributed by atoms with Gasteiger partial charge in [0.05, 0.1) is 5.57 Å². The van der Waals surface area contributed by atoms with Gasteiger partial charge in [-0.2, -0.15) is 0 Å². The molecule has 50 heavy (non-hydrogen) atoms. The maximum atomic E-state index is 13.5. The fraction of sp³-hybridized carbons (Fsp3) is 0.191. The van der Waals surface area contributed by atoms with Crippen molar-refractivity contribution in [2.75, 3.05) is 5.32 Å². The van der Waals surface area contributed by atoms with E-state index in [1.54, 1.807) is 30.4 Å². The van der Waals surface area contributed by atoms with E-state index in [0.29, 0.717) is 23.0 Å². The minimum absolute atomic E-state index is 0.180. The first-order valence-electron chi connectivity index (χ1n) is 17.6. The molecule has 3 aliphatic rings. The van der Waals surface area contributed by atoms with Gasteiger partial charge >= 0.3 is 0 Å². The van der Waals surface area contributed by atoms with Crippen LogP contribution in [0.1, 0.15) is 94.6 Å². The second-order valence-electron chi connectivity index (χ2n) is 14.2. The summed E-state index contributed by atoms with van der Waals surface area (Å²) in [6.07, 6.45) is 20.8. The van der Waals surface area contributed by atoms with Gasteiger partial charge in [0, 0.05) is 34.3 Å². The zero-order valence-corrected chi connectivity index (χ0v) is 29.3. The molecule has 4 aromatic carbocycles. The van der Waals surface area contributed by atoms with Gasteiger partial charge in [0.1, 0.15) is 0 Å². The molecular formula is C47H43NO2. The second kappa shape index (κ2) is 13.1. The maximum Gasteiger partial charge on any atom is 0.197 e. The maximum absolute atomic E-state index is 13.5. The third-order valence-electron chi connectivity index (χ3n) is 10.8. The molecule has 7 rings (SSSR count). The van der Waals surface area contributed by atoms with Crippen LogP contribution in [-0.2, 0) is 5.41 Å². The van der Waals surface area contributed by atoms with Crippen LogP contribution in [0.2, 0.25) is 0 Å². The van der Waals surface area contributed by atoms with Crippen molar-refractivity contribution in [1.29, 1.82) is 0 Å². The molecule has 0 radical (unpaired) electrons. The Labute approximate surface area is 295 Å². The number of nitrogens with one attached hydrogen (secondary N) is 1. The summed E-state index contributed by atoms with van der Waals surface area (Å²) in [6.45, 7) is 16.9. The molecule has 0 saturated carbocycles. The Hall–Kier alpha value is -5.54. The first-order valence-corrected chi connectivity index (χ1v) is 17.6. The van der Waals surface area contributed by atoms with Crippen LogP contribution in [0.25, 0.3) is 35.1 Å². The molecule has 1 heterocycles. The first kappa shape index (κ1) is 33.0. The molecule has 2 atom stereocenters. The Kier molecular flexibility index (Phi) is 8.61. The van der Waals surface area contributed by atoms with Crippen LogP contribution < -0.4 is 5.32 Å². The van der Waals surface area contributed by atoms with Crippen LogP contribution in [0.5, 0.6) is 0 Å². The predicted molar refractivity (Wildman–Crippen MR) is 211 cm³/mol. The summed E-state index contributed by atoms with van der Waals surface area (Å²) in [6, 6.07) is 22.6. The lowest BCUT2D eigenvalue weighted by Gasteiger charge is -2.32. The number of hydrogen-bond acceptors (Lipinski definition) is 3. The van der Waals surface area contributed by atoms with Crippen molar-refractivity contribution in [2.45, 2.75) is 46.0 Å². The quantitative estimate of drug-likeness (QED) is 0.132. The lowest BCUT2D eigenvalue weighted by Crippen LogP contribution is -2.22. The van der Waals surface area contributed by atoms with Gasteiger partial charge in [0.15, 0.2) is 11.6 Å². The average Bonchev–Trinajstić information content (AvgIpc) is 3.61. The summed E-state index contributed by atoms with van der Waals surface area (Å²) in [7, 11) is 0. The number of rotatable bonds is 5. The fourth-order valence-electron chi connectivity index (χ4n) is 8.11. The molecule has 1 aliphatic heterocycles. The fourth-order valence-corrected chi connectivity index (χ4v) is 8.11. The van der Waals surface area contributed by atoms with Gasteiger partial charge in [-0.3, -0.25) is 9.59 Å². The van der Waals surface area contributed by atoms with Crippen LogP contribution >= 0.6 is 0 Å². The third-order valence-corrected chi connectivity index (χ3v) is 10.8. The van der Waals surface area contributed by atoms with E-state index in [9.17, 15) is 9.59 Å². The van der Waals surface area contributed by atoms with Gasteiger partial charge in [-0.15, -0.1) is 0 Å².